The summed E-state index contributed by atoms with van der Waals surface area (Å²) in [5.74, 6) is 1.06. The highest BCUT2D eigenvalue weighted by molar-refractivity contribution is 6.30. The molecule has 2 aliphatic heterocycles. The van der Waals surface area contributed by atoms with Crippen molar-refractivity contribution in [3.63, 3.8) is 0 Å². The Hall–Kier alpha value is -1.55. The molecule has 4 rings (SSSR count). The number of benzene rings is 2. The van der Waals surface area contributed by atoms with Crippen LogP contribution < -0.4 is 4.74 Å². The van der Waals surface area contributed by atoms with Crippen LogP contribution in [0.15, 0.2) is 48.5 Å². The number of ether oxygens (including phenoxy) is 1. The van der Waals surface area contributed by atoms with Crippen molar-refractivity contribution in [2.45, 2.75) is 31.5 Å². The lowest BCUT2D eigenvalue weighted by Gasteiger charge is -2.42. The van der Waals surface area contributed by atoms with Crippen LogP contribution in [0.3, 0.4) is 0 Å². The highest BCUT2D eigenvalue weighted by atomic mass is 35.5. The van der Waals surface area contributed by atoms with Crippen LogP contribution in [0.25, 0.3) is 0 Å². The van der Waals surface area contributed by atoms with Crippen molar-refractivity contribution in [1.29, 1.82) is 0 Å². The molecular weight excluding hydrogens is 332 g/mol. The number of hydrogen-bond donors (Lipinski definition) is 0. The Morgan fingerprint density at radius 1 is 1.04 bits per heavy atom. The van der Waals surface area contributed by atoms with Gasteiger partial charge in [0.1, 0.15) is 11.4 Å². The van der Waals surface area contributed by atoms with Gasteiger partial charge in [-0.2, -0.15) is 0 Å². The first-order valence-corrected chi connectivity index (χ1v) is 9.42. The SMILES string of the molecule is CN1CCC2(CC1)CN(Cc1ccc(Cl)cc1)Cc1ccccc1O2. The molecule has 2 aliphatic rings. The van der Waals surface area contributed by atoms with E-state index in [1.165, 1.54) is 11.1 Å². The lowest BCUT2D eigenvalue weighted by Crippen LogP contribution is -2.52. The van der Waals surface area contributed by atoms with Crippen LogP contribution in [-0.4, -0.2) is 42.1 Å². The average Bonchev–Trinajstić information content (AvgIpc) is 2.76. The van der Waals surface area contributed by atoms with Gasteiger partial charge in [-0.05, 0) is 30.8 Å². The summed E-state index contributed by atoms with van der Waals surface area (Å²) in [4.78, 5) is 4.93. The van der Waals surface area contributed by atoms with E-state index in [-0.39, 0.29) is 5.60 Å². The third-order valence-electron chi connectivity index (χ3n) is 5.42. The number of para-hydroxylation sites is 1. The molecule has 0 bridgehead atoms. The molecule has 132 valence electrons. The van der Waals surface area contributed by atoms with Crippen molar-refractivity contribution < 1.29 is 4.74 Å². The van der Waals surface area contributed by atoms with Gasteiger partial charge in [0.25, 0.3) is 0 Å². The minimum atomic E-state index is -0.0778. The molecule has 2 aromatic carbocycles. The number of likely N-dealkylation sites (tertiary alicyclic amines) is 1. The van der Waals surface area contributed by atoms with Crippen LogP contribution in [0.1, 0.15) is 24.0 Å². The molecule has 0 radical (unpaired) electrons. The Morgan fingerprint density at radius 3 is 2.52 bits per heavy atom. The fraction of sp³-hybridized carbons (Fsp3) is 0.429. The van der Waals surface area contributed by atoms with Crippen LogP contribution >= 0.6 is 11.6 Å². The molecule has 2 heterocycles. The van der Waals surface area contributed by atoms with Crippen molar-refractivity contribution in [3.05, 3.63) is 64.7 Å². The second-order valence-electron chi connectivity index (χ2n) is 7.47. The third kappa shape index (κ3) is 3.84. The normalized spacial score (nSPS) is 20.7. The quantitative estimate of drug-likeness (QED) is 0.802. The fourth-order valence-corrected chi connectivity index (χ4v) is 4.08. The van der Waals surface area contributed by atoms with Gasteiger partial charge >= 0.3 is 0 Å². The molecule has 1 fully saturated rings. The molecule has 0 saturated carbocycles. The summed E-state index contributed by atoms with van der Waals surface area (Å²) < 4.78 is 6.63. The molecule has 2 aromatic rings. The van der Waals surface area contributed by atoms with E-state index in [0.29, 0.717) is 0 Å². The number of halogens is 1. The van der Waals surface area contributed by atoms with Gasteiger partial charge in [-0.3, -0.25) is 4.90 Å². The van der Waals surface area contributed by atoms with E-state index >= 15 is 0 Å². The summed E-state index contributed by atoms with van der Waals surface area (Å²) in [6.07, 6.45) is 2.16. The van der Waals surface area contributed by atoms with Gasteiger partial charge in [0.15, 0.2) is 0 Å². The molecule has 0 atom stereocenters. The van der Waals surface area contributed by atoms with Crippen molar-refractivity contribution in [2.24, 2.45) is 0 Å². The lowest BCUT2D eigenvalue weighted by molar-refractivity contribution is -0.0146. The van der Waals surface area contributed by atoms with Crippen LogP contribution in [0.5, 0.6) is 5.75 Å². The van der Waals surface area contributed by atoms with Gasteiger partial charge in [-0.15, -0.1) is 0 Å². The van der Waals surface area contributed by atoms with Gasteiger partial charge in [-0.25, -0.2) is 0 Å². The van der Waals surface area contributed by atoms with Crippen molar-refractivity contribution in [1.82, 2.24) is 9.80 Å². The molecule has 3 nitrogen and oxygen atoms in total. The Labute approximate surface area is 155 Å². The lowest BCUT2D eigenvalue weighted by atomic mass is 9.90. The molecule has 0 amide bonds. The Morgan fingerprint density at radius 2 is 1.76 bits per heavy atom. The van der Waals surface area contributed by atoms with Gasteiger partial charge in [0.2, 0.25) is 0 Å². The number of rotatable bonds is 2. The maximum atomic E-state index is 6.63. The van der Waals surface area contributed by atoms with Crippen LogP contribution in [0.2, 0.25) is 5.02 Å². The third-order valence-corrected chi connectivity index (χ3v) is 5.67. The van der Waals surface area contributed by atoms with E-state index in [1.54, 1.807) is 0 Å². The average molecular weight is 357 g/mol. The van der Waals surface area contributed by atoms with E-state index in [0.717, 1.165) is 56.3 Å². The Bertz CT molecular complexity index is 723. The Kier molecular flexibility index (Phi) is 4.72. The highest BCUT2D eigenvalue weighted by Crippen LogP contribution is 2.35. The largest absolute Gasteiger partial charge is 0.486 e. The summed E-state index contributed by atoms with van der Waals surface area (Å²) in [7, 11) is 2.20. The van der Waals surface area contributed by atoms with Crippen molar-refractivity contribution >= 4 is 11.6 Å². The maximum absolute atomic E-state index is 6.63. The summed E-state index contributed by atoms with van der Waals surface area (Å²) in [5.41, 5.74) is 2.50. The maximum Gasteiger partial charge on any atom is 0.124 e. The first-order valence-electron chi connectivity index (χ1n) is 9.04. The predicted molar refractivity (Wildman–Crippen MR) is 102 cm³/mol. The first-order chi connectivity index (χ1) is 12.1. The molecule has 25 heavy (non-hydrogen) atoms. The van der Waals surface area contributed by atoms with E-state index in [4.69, 9.17) is 16.3 Å². The van der Waals surface area contributed by atoms with E-state index in [1.807, 2.05) is 12.1 Å². The molecule has 0 unspecified atom stereocenters. The highest BCUT2D eigenvalue weighted by Gasteiger charge is 2.39. The number of piperidine rings is 1. The Balaban J connectivity index is 1.61. The summed E-state index contributed by atoms with van der Waals surface area (Å²) in [5, 5.41) is 0.792. The molecule has 0 aliphatic carbocycles. The van der Waals surface area contributed by atoms with Crippen LogP contribution in [-0.2, 0) is 13.1 Å². The fourth-order valence-electron chi connectivity index (χ4n) is 3.95. The van der Waals surface area contributed by atoms with E-state index in [9.17, 15) is 0 Å². The van der Waals surface area contributed by atoms with Crippen LogP contribution in [0, 0.1) is 0 Å². The van der Waals surface area contributed by atoms with E-state index < -0.39 is 0 Å². The number of fused-ring (bicyclic) bond motifs is 1. The molecule has 1 spiro atoms. The second-order valence-corrected chi connectivity index (χ2v) is 7.90. The molecule has 0 N–H and O–H groups in total. The van der Waals surface area contributed by atoms with E-state index in [2.05, 4.69) is 53.2 Å². The van der Waals surface area contributed by atoms with Gasteiger partial charge in [0.05, 0.1) is 0 Å². The van der Waals surface area contributed by atoms with Crippen molar-refractivity contribution in [3.8, 4) is 5.75 Å². The molecule has 1 saturated heterocycles. The first kappa shape index (κ1) is 16.9. The second kappa shape index (κ2) is 6.99. The zero-order valence-corrected chi connectivity index (χ0v) is 15.5. The summed E-state index contributed by atoms with van der Waals surface area (Å²) in [6.45, 7) is 5.01. The van der Waals surface area contributed by atoms with Gasteiger partial charge < -0.3 is 9.64 Å². The monoisotopic (exact) mass is 356 g/mol. The van der Waals surface area contributed by atoms with Gasteiger partial charge in [0, 0.05) is 56.2 Å². The zero-order chi connectivity index (χ0) is 17.3. The topological polar surface area (TPSA) is 15.7 Å². The minimum absolute atomic E-state index is 0.0778. The zero-order valence-electron chi connectivity index (χ0n) is 14.7. The van der Waals surface area contributed by atoms with Gasteiger partial charge in [-0.1, -0.05) is 41.9 Å². The summed E-state index contributed by atoms with van der Waals surface area (Å²) >= 11 is 6.04. The predicted octanol–water partition coefficient (Wildman–Crippen LogP) is 4.20. The summed E-state index contributed by atoms with van der Waals surface area (Å²) in [6, 6.07) is 16.7. The van der Waals surface area contributed by atoms with Crippen molar-refractivity contribution in [2.75, 3.05) is 26.7 Å². The molecule has 4 heteroatoms. The standard InChI is InChI=1S/C21H25ClN2O/c1-23-12-10-21(11-13-23)16-24(14-17-6-8-19(22)9-7-17)15-18-4-2-3-5-20(18)25-21/h2-9H,10-16H2,1H3. The molecule has 0 aromatic heterocycles. The molecular formula is C21H25ClN2O. The number of nitrogens with zero attached hydrogens (tertiary/aromatic N) is 2. The minimum Gasteiger partial charge on any atom is -0.486 e. The number of hydrogen-bond acceptors (Lipinski definition) is 3. The van der Waals surface area contributed by atoms with Crippen LogP contribution in [0.4, 0.5) is 0 Å². The smallest absolute Gasteiger partial charge is 0.124 e.